The summed E-state index contributed by atoms with van der Waals surface area (Å²) in [5.41, 5.74) is 16.5. The van der Waals surface area contributed by atoms with Crippen molar-refractivity contribution in [2.45, 2.75) is 82.1 Å². The van der Waals surface area contributed by atoms with Crippen LogP contribution >= 0.6 is 0 Å². The Morgan fingerprint density at radius 3 is 2.02 bits per heavy atom. The molecule has 2 aliphatic rings. The molecule has 2 fully saturated rings. The van der Waals surface area contributed by atoms with Crippen LogP contribution in [0.15, 0.2) is 17.5 Å². The molecule has 3 rings (SSSR count). The zero-order chi connectivity index (χ0) is 45.1. The average molecular weight is 862 g/mol. The van der Waals surface area contributed by atoms with Crippen molar-refractivity contribution < 1.29 is 53.1 Å². The van der Waals surface area contributed by atoms with E-state index in [1.807, 2.05) is 0 Å². The molecule has 0 unspecified atom stereocenters. The van der Waals surface area contributed by atoms with Gasteiger partial charge in [0.25, 0.3) is 0 Å². The van der Waals surface area contributed by atoms with Gasteiger partial charge >= 0.3 is 5.97 Å². The van der Waals surface area contributed by atoms with Gasteiger partial charge in [-0.05, 0) is 45.4 Å². The zero-order valence-corrected chi connectivity index (χ0v) is 33.7. The van der Waals surface area contributed by atoms with Gasteiger partial charge in [0.05, 0.1) is 32.5 Å². The Morgan fingerprint density at radius 1 is 0.803 bits per heavy atom. The van der Waals surface area contributed by atoms with Gasteiger partial charge in [-0.15, -0.1) is 0 Å². The summed E-state index contributed by atoms with van der Waals surface area (Å²) in [6.07, 6.45) is 4.36. The molecule has 1 aromatic heterocycles. The van der Waals surface area contributed by atoms with E-state index in [4.69, 9.17) is 22.3 Å². The van der Waals surface area contributed by atoms with E-state index in [-0.39, 0.29) is 64.2 Å². The van der Waals surface area contributed by atoms with E-state index < -0.39 is 116 Å². The van der Waals surface area contributed by atoms with Gasteiger partial charge in [0, 0.05) is 37.9 Å². The van der Waals surface area contributed by atoms with Crippen LogP contribution in [0, 0.1) is 0 Å². The summed E-state index contributed by atoms with van der Waals surface area (Å²) < 4.78 is 0. The smallest absolute Gasteiger partial charge is 0.322 e. The number of amides is 9. The van der Waals surface area contributed by atoms with E-state index in [1.54, 1.807) is 0 Å². The SMILES string of the molecule is C[C@H](NC(=O)CNC(=O)CN)C(=O)N1CCC[C@H]1C(=O)N[C@@H](CCCN=C(N)N)C(=O)NCC(=O)N1CCC[C@H]1C(=O)N[C@@H](Cc1cnc[nH]1)C(=O)NCC(=O)NCC(=O)O. The van der Waals surface area contributed by atoms with Gasteiger partial charge in [-0.2, -0.15) is 0 Å². The van der Waals surface area contributed by atoms with E-state index in [0.29, 0.717) is 18.5 Å². The molecule has 336 valence electrons. The highest BCUT2D eigenvalue weighted by Gasteiger charge is 2.39. The first-order valence-corrected chi connectivity index (χ1v) is 19.5. The van der Waals surface area contributed by atoms with E-state index >= 15 is 0 Å². The van der Waals surface area contributed by atoms with Gasteiger partial charge in [-0.1, -0.05) is 0 Å². The number of nitrogens with two attached hydrogens (primary N) is 3. The Balaban J connectivity index is 1.64. The number of carbonyl (C=O) groups is 10. The van der Waals surface area contributed by atoms with Crippen LogP contribution in [0.25, 0.3) is 0 Å². The van der Waals surface area contributed by atoms with Crippen molar-refractivity contribution in [3.8, 4) is 0 Å². The first kappa shape index (κ1) is 48.5. The molecular formula is C35H55N15O11. The third-order valence-electron chi connectivity index (χ3n) is 9.56. The van der Waals surface area contributed by atoms with Crippen LogP contribution in [0.1, 0.15) is 51.1 Å². The molecule has 9 amide bonds. The van der Waals surface area contributed by atoms with Crippen molar-refractivity contribution in [1.29, 1.82) is 0 Å². The van der Waals surface area contributed by atoms with Gasteiger partial charge in [-0.25, -0.2) is 4.98 Å². The Kier molecular flexibility index (Phi) is 19.3. The summed E-state index contributed by atoms with van der Waals surface area (Å²) in [7, 11) is 0. The lowest BCUT2D eigenvalue weighted by atomic mass is 10.1. The topological polar surface area (TPSA) is 401 Å². The second kappa shape index (κ2) is 24.3. The van der Waals surface area contributed by atoms with Crippen LogP contribution in [0.2, 0.25) is 0 Å². The monoisotopic (exact) mass is 861 g/mol. The summed E-state index contributed by atoms with van der Waals surface area (Å²) in [4.78, 5) is 140. The molecule has 1 aromatic rings. The number of nitrogens with zero attached hydrogens (tertiary/aromatic N) is 4. The standard InChI is InChI=1S/C35H55N15O11/c1-19(46-27(53)15-41-25(51)12-36)34(61)50-10-4-7-24(50)33(60)47-21(5-2-8-40-35(37)38)30(57)44-16-28(54)49-9-3-6-23(49)32(59)48-22(11-20-13-39-18-45-20)31(58)43-14-26(52)42-17-29(55)56/h13,18-19,21-24H,2-12,14-17,36H2,1H3,(H,39,45)(H,41,51)(H,42,52)(H,43,58)(H,44,57)(H,46,53)(H,47,60)(H,48,59)(H,55,56)(H4,37,38,40)/t19-,21-,22-,23-,24-/m0/s1. The van der Waals surface area contributed by atoms with Crippen molar-refractivity contribution >= 4 is 65.1 Å². The number of rotatable bonds is 23. The minimum Gasteiger partial charge on any atom is -0.480 e. The molecule has 26 nitrogen and oxygen atoms in total. The van der Waals surface area contributed by atoms with Gasteiger partial charge in [0.15, 0.2) is 5.96 Å². The number of imidazole rings is 1. The number of aromatic nitrogens is 2. The van der Waals surface area contributed by atoms with Crippen molar-refractivity contribution in [1.82, 2.24) is 57.0 Å². The molecule has 0 bridgehead atoms. The fraction of sp³-hybridized carbons (Fsp3) is 0.600. The Hall–Kier alpha value is -6.86. The normalized spacial score (nSPS) is 17.1. The number of aliphatic carboxylic acids is 1. The molecule has 3 heterocycles. The molecular weight excluding hydrogens is 806 g/mol. The van der Waals surface area contributed by atoms with E-state index in [2.05, 4.69) is 52.2 Å². The maximum Gasteiger partial charge on any atom is 0.322 e. The molecule has 0 spiro atoms. The van der Waals surface area contributed by atoms with Crippen molar-refractivity contribution in [3.05, 3.63) is 18.2 Å². The first-order valence-electron chi connectivity index (χ1n) is 19.5. The Morgan fingerprint density at radius 2 is 1.39 bits per heavy atom. The van der Waals surface area contributed by atoms with E-state index in [1.165, 1.54) is 29.2 Å². The van der Waals surface area contributed by atoms with Gasteiger partial charge in [-0.3, -0.25) is 52.9 Å². The number of hydrogen-bond donors (Lipinski definition) is 12. The molecule has 2 saturated heterocycles. The fourth-order valence-corrected chi connectivity index (χ4v) is 6.54. The second-order valence-corrected chi connectivity index (χ2v) is 14.2. The van der Waals surface area contributed by atoms with Crippen molar-refractivity contribution in [2.75, 3.05) is 52.4 Å². The lowest BCUT2D eigenvalue weighted by Crippen LogP contribution is -2.57. The molecule has 26 heteroatoms. The minimum atomic E-state index is -1.28. The van der Waals surface area contributed by atoms with Crippen LogP contribution in [0.4, 0.5) is 0 Å². The molecule has 0 radical (unpaired) electrons. The zero-order valence-electron chi connectivity index (χ0n) is 33.7. The van der Waals surface area contributed by atoms with Gasteiger partial charge in [0.1, 0.15) is 36.8 Å². The second-order valence-electron chi connectivity index (χ2n) is 14.2. The molecule has 5 atom stereocenters. The van der Waals surface area contributed by atoms with Crippen LogP contribution in [0.3, 0.4) is 0 Å². The Labute approximate surface area is 349 Å². The fourth-order valence-electron chi connectivity index (χ4n) is 6.54. The number of nitrogens with one attached hydrogen (secondary N) is 8. The predicted octanol–water partition coefficient (Wildman–Crippen LogP) is -7.03. The van der Waals surface area contributed by atoms with Crippen molar-refractivity contribution in [3.63, 3.8) is 0 Å². The number of carbonyl (C=O) groups excluding carboxylic acids is 9. The van der Waals surface area contributed by atoms with Gasteiger partial charge in [0.2, 0.25) is 53.2 Å². The summed E-state index contributed by atoms with van der Waals surface area (Å²) in [6.45, 7) is -0.634. The summed E-state index contributed by atoms with van der Waals surface area (Å²) in [5, 5.41) is 25.8. The highest BCUT2D eigenvalue weighted by atomic mass is 16.4. The number of H-pyrrole nitrogens is 1. The maximum atomic E-state index is 13.6. The predicted molar refractivity (Wildman–Crippen MR) is 212 cm³/mol. The third kappa shape index (κ3) is 16.0. The summed E-state index contributed by atoms with van der Waals surface area (Å²) >= 11 is 0. The maximum absolute atomic E-state index is 13.6. The Bertz CT molecular complexity index is 1790. The number of hydrogen-bond acceptors (Lipinski definition) is 13. The van der Waals surface area contributed by atoms with Crippen LogP contribution in [0.5, 0.6) is 0 Å². The third-order valence-corrected chi connectivity index (χ3v) is 9.56. The summed E-state index contributed by atoms with van der Waals surface area (Å²) in [5.74, 6) is -7.48. The van der Waals surface area contributed by atoms with Gasteiger partial charge < -0.3 is 74.3 Å². The first-order chi connectivity index (χ1) is 29.0. The number of carboxylic acids is 1. The highest BCUT2D eigenvalue weighted by molar-refractivity contribution is 5.97. The number of likely N-dealkylation sites (tertiary alicyclic amines) is 2. The molecule has 61 heavy (non-hydrogen) atoms. The number of carboxylic acid groups (broad SMARTS) is 1. The number of aromatic amines is 1. The lowest BCUT2D eigenvalue weighted by molar-refractivity contribution is -0.142. The van der Waals surface area contributed by atoms with Crippen LogP contribution < -0.4 is 54.4 Å². The minimum absolute atomic E-state index is 0.0277. The molecule has 0 saturated carbocycles. The highest BCUT2D eigenvalue weighted by Crippen LogP contribution is 2.20. The number of guanidine groups is 1. The molecule has 0 aliphatic carbocycles. The summed E-state index contributed by atoms with van der Waals surface area (Å²) in [6, 6.07) is -5.51. The lowest BCUT2D eigenvalue weighted by Gasteiger charge is -2.29. The largest absolute Gasteiger partial charge is 0.480 e. The molecule has 2 aliphatic heterocycles. The quantitative estimate of drug-likeness (QED) is 0.0276. The number of aliphatic imine (C=N–C) groups is 1. The van der Waals surface area contributed by atoms with Crippen molar-refractivity contribution in [2.24, 2.45) is 22.2 Å². The van der Waals surface area contributed by atoms with E-state index in [0.717, 1.165) is 0 Å². The average Bonchev–Trinajstić information content (AvgIpc) is 4.04. The molecule has 0 aromatic carbocycles. The molecule has 15 N–H and O–H groups in total. The van der Waals surface area contributed by atoms with E-state index in [9.17, 15) is 47.9 Å². The van der Waals surface area contributed by atoms with Crippen LogP contribution in [-0.2, 0) is 54.4 Å². The van der Waals surface area contributed by atoms with Crippen LogP contribution in [-0.4, -0.2) is 173 Å².